The molecule has 1 aromatic rings. The maximum atomic E-state index is 13.0. The molecule has 1 atom stereocenters. The highest BCUT2D eigenvalue weighted by atomic mass is 16.7. The van der Waals surface area contributed by atoms with E-state index in [0.29, 0.717) is 30.2 Å². The standard InChI is InChI=1S/C20H26N4O6/c1-5-23(6-2)17(26)10-22(4)16(25)11-24-18(27)20(3,21-19(24)28)13-7-8-14-15(9-13)30-12-29-14/h7-9H,5-6,10-12H2,1-4H3,(H,21,28)/t20-/m1/s1. The van der Waals surface area contributed by atoms with Gasteiger partial charge in [-0.15, -0.1) is 0 Å². The van der Waals surface area contributed by atoms with Gasteiger partial charge < -0.3 is 24.6 Å². The van der Waals surface area contributed by atoms with E-state index < -0.39 is 29.9 Å². The molecule has 0 bridgehead atoms. The lowest BCUT2D eigenvalue weighted by molar-refractivity contribution is -0.141. The Bertz CT molecular complexity index is 884. The van der Waals surface area contributed by atoms with Crippen molar-refractivity contribution in [1.82, 2.24) is 20.0 Å². The summed E-state index contributed by atoms with van der Waals surface area (Å²) in [4.78, 5) is 54.0. The topological polar surface area (TPSA) is 108 Å². The molecule has 0 aliphatic carbocycles. The summed E-state index contributed by atoms with van der Waals surface area (Å²) < 4.78 is 10.6. The normalized spacial score (nSPS) is 19.7. The number of carbonyl (C=O) groups is 4. The monoisotopic (exact) mass is 418 g/mol. The summed E-state index contributed by atoms with van der Waals surface area (Å²) in [5.74, 6) is -0.207. The third-order valence-corrected chi connectivity index (χ3v) is 5.43. The van der Waals surface area contributed by atoms with E-state index in [-0.39, 0.29) is 19.2 Å². The van der Waals surface area contributed by atoms with Crippen LogP contribution in [-0.2, 0) is 19.9 Å². The summed E-state index contributed by atoms with van der Waals surface area (Å²) in [7, 11) is 1.47. The quantitative estimate of drug-likeness (QED) is 0.647. The molecule has 0 aromatic heterocycles. The Hall–Kier alpha value is -3.30. The Morgan fingerprint density at radius 1 is 1.13 bits per heavy atom. The van der Waals surface area contributed by atoms with Crippen LogP contribution >= 0.6 is 0 Å². The molecular formula is C20H26N4O6. The van der Waals surface area contributed by atoms with Crippen LogP contribution in [0, 0.1) is 0 Å². The first-order valence-corrected chi connectivity index (χ1v) is 9.77. The fraction of sp³-hybridized carbons (Fsp3) is 0.500. The van der Waals surface area contributed by atoms with Crippen LogP contribution in [-0.4, -0.2) is 78.5 Å². The first kappa shape index (κ1) is 21.4. The van der Waals surface area contributed by atoms with Gasteiger partial charge >= 0.3 is 6.03 Å². The summed E-state index contributed by atoms with van der Waals surface area (Å²) in [5, 5.41) is 2.65. The maximum absolute atomic E-state index is 13.0. The van der Waals surface area contributed by atoms with Crippen LogP contribution in [0.2, 0.25) is 0 Å². The SMILES string of the molecule is CCN(CC)C(=O)CN(C)C(=O)CN1C(=O)N[C@](C)(c2ccc3c(c2)OCO3)C1=O. The lowest BCUT2D eigenvalue weighted by Gasteiger charge is -2.25. The van der Waals surface area contributed by atoms with Gasteiger partial charge in [0.1, 0.15) is 12.1 Å². The number of fused-ring (bicyclic) bond motifs is 1. The zero-order valence-electron chi connectivity index (χ0n) is 17.6. The molecule has 162 valence electrons. The number of hydrogen-bond donors (Lipinski definition) is 1. The fourth-order valence-corrected chi connectivity index (χ4v) is 3.47. The van der Waals surface area contributed by atoms with E-state index in [9.17, 15) is 19.2 Å². The van der Waals surface area contributed by atoms with Crippen molar-refractivity contribution in [3.05, 3.63) is 23.8 Å². The van der Waals surface area contributed by atoms with Gasteiger partial charge in [-0.3, -0.25) is 19.3 Å². The maximum Gasteiger partial charge on any atom is 0.325 e. The molecule has 0 unspecified atom stereocenters. The molecule has 0 saturated carbocycles. The van der Waals surface area contributed by atoms with Crippen LogP contribution < -0.4 is 14.8 Å². The molecule has 10 nitrogen and oxygen atoms in total. The van der Waals surface area contributed by atoms with Gasteiger partial charge in [0.25, 0.3) is 5.91 Å². The largest absolute Gasteiger partial charge is 0.454 e. The van der Waals surface area contributed by atoms with Crippen LogP contribution in [0.4, 0.5) is 4.79 Å². The van der Waals surface area contributed by atoms with Crippen LogP contribution in [0.1, 0.15) is 26.3 Å². The third kappa shape index (κ3) is 3.77. The number of nitrogens with one attached hydrogen (secondary N) is 1. The minimum atomic E-state index is -1.34. The lowest BCUT2D eigenvalue weighted by Crippen LogP contribution is -2.46. The van der Waals surface area contributed by atoms with E-state index in [1.807, 2.05) is 13.8 Å². The Morgan fingerprint density at radius 2 is 1.80 bits per heavy atom. The molecule has 1 N–H and O–H groups in total. The van der Waals surface area contributed by atoms with Crippen molar-refractivity contribution in [2.45, 2.75) is 26.3 Å². The van der Waals surface area contributed by atoms with Crippen molar-refractivity contribution in [2.75, 3.05) is 40.0 Å². The first-order chi connectivity index (χ1) is 14.2. The van der Waals surface area contributed by atoms with Gasteiger partial charge in [-0.2, -0.15) is 0 Å². The average molecular weight is 418 g/mol. The van der Waals surface area contributed by atoms with Gasteiger partial charge in [0, 0.05) is 20.1 Å². The summed E-state index contributed by atoms with van der Waals surface area (Å²) in [6.45, 7) is 5.88. The number of urea groups is 1. The number of nitrogens with zero attached hydrogens (tertiary/aromatic N) is 3. The van der Waals surface area contributed by atoms with Crippen molar-refractivity contribution in [1.29, 1.82) is 0 Å². The highest BCUT2D eigenvalue weighted by Gasteiger charge is 2.50. The van der Waals surface area contributed by atoms with E-state index in [4.69, 9.17) is 9.47 Å². The van der Waals surface area contributed by atoms with Crippen molar-refractivity contribution in [3.63, 3.8) is 0 Å². The smallest absolute Gasteiger partial charge is 0.325 e. The Morgan fingerprint density at radius 3 is 2.47 bits per heavy atom. The lowest BCUT2D eigenvalue weighted by atomic mass is 9.91. The van der Waals surface area contributed by atoms with Crippen molar-refractivity contribution < 1.29 is 28.7 Å². The molecule has 0 radical (unpaired) electrons. The van der Waals surface area contributed by atoms with E-state index in [2.05, 4.69) is 5.32 Å². The molecular weight excluding hydrogens is 392 g/mol. The molecule has 1 aromatic carbocycles. The predicted molar refractivity (Wildman–Crippen MR) is 106 cm³/mol. The van der Waals surface area contributed by atoms with Crippen LogP contribution in [0.5, 0.6) is 11.5 Å². The van der Waals surface area contributed by atoms with Crippen LogP contribution in [0.15, 0.2) is 18.2 Å². The number of amides is 5. The summed E-state index contributed by atoms with van der Waals surface area (Å²) >= 11 is 0. The Balaban J connectivity index is 1.70. The number of likely N-dealkylation sites (N-methyl/N-ethyl adjacent to an activating group) is 2. The van der Waals surface area contributed by atoms with E-state index in [1.165, 1.54) is 11.9 Å². The van der Waals surface area contributed by atoms with Gasteiger partial charge in [-0.05, 0) is 38.5 Å². The minimum absolute atomic E-state index is 0.0922. The second kappa shape index (κ2) is 8.21. The summed E-state index contributed by atoms with van der Waals surface area (Å²) in [5.41, 5.74) is -0.821. The Labute approximate surface area is 174 Å². The average Bonchev–Trinajstić information content (AvgIpc) is 3.27. The number of benzene rings is 1. The molecule has 1 fully saturated rings. The molecule has 0 spiro atoms. The molecule has 3 rings (SSSR count). The number of hydrogen-bond acceptors (Lipinski definition) is 6. The zero-order valence-corrected chi connectivity index (χ0v) is 17.6. The minimum Gasteiger partial charge on any atom is -0.454 e. The fourth-order valence-electron chi connectivity index (χ4n) is 3.47. The van der Waals surface area contributed by atoms with Gasteiger partial charge in [0.15, 0.2) is 11.5 Å². The second-order valence-corrected chi connectivity index (χ2v) is 7.33. The number of ether oxygens (including phenoxy) is 2. The second-order valence-electron chi connectivity index (χ2n) is 7.33. The third-order valence-electron chi connectivity index (χ3n) is 5.43. The molecule has 10 heteroatoms. The predicted octanol–water partition coefficient (Wildman–Crippen LogP) is 0.509. The molecule has 2 aliphatic rings. The molecule has 5 amide bonds. The number of imide groups is 1. The molecule has 2 aliphatic heterocycles. The molecule has 2 heterocycles. The van der Waals surface area contributed by atoms with Crippen LogP contribution in [0.3, 0.4) is 0 Å². The highest BCUT2D eigenvalue weighted by molar-refractivity contribution is 6.09. The number of carbonyl (C=O) groups excluding carboxylic acids is 4. The molecule has 30 heavy (non-hydrogen) atoms. The van der Waals surface area contributed by atoms with E-state index in [0.717, 1.165) is 4.90 Å². The van der Waals surface area contributed by atoms with Gasteiger partial charge in [0.2, 0.25) is 18.6 Å². The van der Waals surface area contributed by atoms with Crippen molar-refractivity contribution >= 4 is 23.8 Å². The summed E-state index contributed by atoms with van der Waals surface area (Å²) in [6, 6.07) is 4.31. The van der Waals surface area contributed by atoms with Gasteiger partial charge in [-0.1, -0.05) is 6.07 Å². The van der Waals surface area contributed by atoms with Crippen LogP contribution in [0.25, 0.3) is 0 Å². The van der Waals surface area contributed by atoms with Crippen molar-refractivity contribution in [3.8, 4) is 11.5 Å². The highest BCUT2D eigenvalue weighted by Crippen LogP contribution is 2.37. The van der Waals surface area contributed by atoms with E-state index in [1.54, 1.807) is 30.0 Å². The summed E-state index contributed by atoms with van der Waals surface area (Å²) in [6.07, 6.45) is 0. The molecule has 1 saturated heterocycles. The zero-order chi connectivity index (χ0) is 22.1. The van der Waals surface area contributed by atoms with Gasteiger partial charge in [0.05, 0.1) is 6.54 Å². The van der Waals surface area contributed by atoms with E-state index >= 15 is 0 Å². The number of rotatable bonds is 7. The first-order valence-electron chi connectivity index (χ1n) is 9.77. The Kier molecular flexibility index (Phi) is 5.86. The van der Waals surface area contributed by atoms with Gasteiger partial charge in [-0.25, -0.2) is 4.79 Å². The van der Waals surface area contributed by atoms with Crippen molar-refractivity contribution in [2.24, 2.45) is 0 Å².